The maximum absolute atomic E-state index is 11.8. The van der Waals surface area contributed by atoms with Crippen molar-refractivity contribution >= 4 is 17.2 Å². The van der Waals surface area contributed by atoms with E-state index in [0.29, 0.717) is 18.8 Å². The molecule has 2 heterocycles. The van der Waals surface area contributed by atoms with E-state index in [2.05, 4.69) is 20.6 Å². The number of hydrogen-bond donors (Lipinski definition) is 2. The van der Waals surface area contributed by atoms with Crippen LogP contribution < -0.4 is 11.1 Å². The van der Waals surface area contributed by atoms with Gasteiger partial charge < -0.3 is 11.1 Å². The second-order valence-corrected chi connectivity index (χ2v) is 4.67. The fraction of sp³-hybridized carbons (Fsp3) is 0.400. The predicted octanol–water partition coefficient (Wildman–Crippen LogP) is 0.184. The van der Waals surface area contributed by atoms with Gasteiger partial charge in [0.1, 0.15) is 10.7 Å². The van der Waals surface area contributed by atoms with Crippen LogP contribution in [-0.4, -0.2) is 32.4 Å². The first kappa shape index (κ1) is 12.7. The molecule has 0 aliphatic heterocycles. The Labute approximate surface area is 108 Å². The average Bonchev–Trinajstić information content (AvgIpc) is 2.99. The minimum absolute atomic E-state index is 0.147. The highest BCUT2D eigenvalue weighted by Crippen LogP contribution is 2.15. The fourth-order valence-electron chi connectivity index (χ4n) is 1.33. The maximum Gasteiger partial charge on any atom is 0.270 e. The number of nitrogens with two attached hydrogens (primary N) is 1. The summed E-state index contributed by atoms with van der Waals surface area (Å²) >= 11 is 1.39. The smallest absolute Gasteiger partial charge is 0.270 e. The number of thiazole rings is 1. The molecule has 3 N–H and O–H groups in total. The quantitative estimate of drug-likeness (QED) is 0.804. The second-order valence-electron chi connectivity index (χ2n) is 3.78. The molecule has 2 aromatic heterocycles. The summed E-state index contributed by atoms with van der Waals surface area (Å²) in [4.78, 5) is 15.9. The number of hydrogen-bond acceptors (Lipinski definition) is 6. The number of rotatable bonds is 5. The Morgan fingerprint density at radius 3 is 3.11 bits per heavy atom. The zero-order chi connectivity index (χ0) is 13.0. The lowest BCUT2D eigenvalue weighted by atomic mass is 10.4. The van der Waals surface area contributed by atoms with Crippen LogP contribution >= 0.6 is 11.3 Å². The number of carbonyl (C=O) groups is 1. The molecule has 0 aliphatic carbocycles. The van der Waals surface area contributed by atoms with Crippen molar-refractivity contribution in [3.63, 3.8) is 0 Å². The van der Waals surface area contributed by atoms with Crippen molar-refractivity contribution in [1.29, 1.82) is 0 Å². The lowest BCUT2D eigenvalue weighted by Crippen LogP contribution is -2.27. The van der Waals surface area contributed by atoms with Crippen LogP contribution in [0.5, 0.6) is 0 Å². The van der Waals surface area contributed by atoms with Gasteiger partial charge in [-0.2, -0.15) is 0 Å². The normalized spacial score (nSPS) is 12.3. The Bertz CT molecular complexity index is 506. The second kappa shape index (κ2) is 5.69. The monoisotopic (exact) mass is 266 g/mol. The molecule has 0 radical (unpaired) electrons. The summed E-state index contributed by atoms with van der Waals surface area (Å²) in [5, 5.41) is 12.7. The van der Waals surface area contributed by atoms with Gasteiger partial charge >= 0.3 is 0 Å². The summed E-state index contributed by atoms with van der Waals surface area (Å²) in [5.41, 5.74) is 6.10. The van der Waals surface area contributed by atoms with Crippen LogP contribution in [0, 0.1) is 0 Å². The van der Waals surface area contributed by atoms with Gasteiger partial charge in [-0.3, -0.25) is 9.48 Å². The van der Waals surface area contributed by atoms with Crippen molar-refractivity contribution in [2.75, 3.05) is 6.54 Å². The SMILES string of the molecule is CC(N)c1nc(C(=O)NCCn2ccnn2)cs1. The van der Waals surface area contributed by atoms with E-state index >= 15 is 0 Å². The Kier molecular flexibility index (Phi) is 4.00. The molecule has 0 spiro atoms. The highest BCUT2D eigenvalue weighted by Gasteiger charge is 2.12. The molecule has 1 amide bonds. The van der Waals surface area contributed by atoms with Crippen LogP contribution in [-0.2, 0) is 6.54 Å². The lowest BCUT2D eigenvalue weighted by molar-refractivity contribution is 0.0947. The van der Waals surface area contributed by atoms with Gasteiger partial charge in [-0.1, -0.05) is 5.21 Å². The molecular weight excluding hydrogens is 252 g/mol. The van der Waals surface area contributed by atoms with E-state index in [4.69, 9.17) is 5.73 Å². The summed E-state index contributed by atoms with van der Waals surface area (Å²) in [6.45, 7) is 2.90. The van der Waals surface area contributed by atoms with E-state index in [1.165, 1.54) is 11.3 Å². The molecule has 0 aliphatic rings. The Hall–Kier alpha value is -1.80. The number of aromatic nitrogens is 4. The standard InChI is InChI=1S/C10H14N6OS/c1-7(11)10-14-8(6-18-10)9(17)12-2-4-16-5-3-13-15-16/h3,5-7H,2,4,11H2,1H3,(H,12,17). The fourth-order valence-corrected chi connectivity index (χ4v) is 2.09. The van der Waals surface area contributed by atoms with Crippen LogP contribution in [0.3, 0.4) is 0 Å². The minimum Gasteiger partial charge on any atom is -0.349 e. The average molecular weight is 266 g/mol. The summed E-state index contributed by atoms with van der Waals surface area (Å²) in [6.07, 6.45) is 3.33. The zero-order valence-corrected chi connectivity index (χ0v) is 10.7. The van der Waals surface area contributed by atoms with Gasteiger partial charge in [0.05, 0.1) is 18.8 Å². The molecule has 0 bridgehead atoms. The van der Waals surface area contributed by atoms with Crippen molar-refractivity contribution in [2.45, 2.75) is 19.5 Å². The van der Waals surface area contributed by atoms with Gasteiger partial charge in [-0.25, -0.2) is 4.98 Å². The van der Waals surface area contributed by atoms with Gasteiger partial charge in [-0.15, -0.1) is 16.4 Å². The molecule has 1 unspecified atom stereocenters. The van der Waals surface area contributed by atoms with Gasteiger partial charge in [-0.05, 0) is 6.92 Å². The van der Waals surface area contributed by atoms with Crippen molar-refractivity contribution in [1.82, 2.24) is 25.3 Å². The predicted molar refractivity (Wildman–Crippen MR) is 67.1 cm³/mol. The van der Waals surface area contributed by atoms with E-state index in [1.54, 1.807) is 22.5 Å². The third-order valence-corrected chi connectivity index (χ3v) is 3.29. The molecule has 0 aromatic carbocycles. The number of nitrogens with zero attached hydrogens (tertiary/aromatic N) is 4. The first-order valence-corrected chi connectivity index (χ1v) is 6.38. The maximum atomic E-state index is 11.8. The number of amides is 1. The third kappa shape index (κ3) is 3.11. The van der Waals surface area contributed by atoms with Gasteiger partial charge in [0.2, 0.25) is 0 Å². The van der Waals surface area contributed by atoms with Gasteiger partial charge in [0, 0.05) is 18.1 Å². The van der Waals surface area contributed by atoms with Crippen LogP contribution in [0.15, 0.2) is 17.8 Å². The van der Waals surface area contributed by atoms with E-state index in [0.717, 1.165) is 5.01 Å². The molecule has 18 heavy (non-hydrogen) atoms. The van der Waals surface area contributed by atoms with Crippen LogP contribution in [0.1, 0.15) is 28.5 Å². The summed E-state index contributed by atoms with van der Waals surface area (Å²) in [5.74, 6) is -0.196. The Morgan fingerprint density at radius 1 is 1.67 bits per heavy atom. The summed E-state index contributed by atoms with van der Waals surface area (Å²) in [7, 11) is 0. The van der Waals surface area contributed by atoms with Crippen molar-refractivity contribution in [2.24, 2.45) is 5.73 Å². The van der Waals surface area contributed by atoms with Crippen LogP contribution in [0.2, 0.25) is 0 Å². The van der Waals surface area contributed by atoms with E-state index in [1.807, 2.05) is 6.92 Å². The first-order valence-electron chi connectivity index (χ1n) is 5.50. The third-order valence-electron chi connectivity index (χ3n) is 2.24. The molecule has 0 saturated carbocycles. The van der Waals surface area contributed by atoms with Crippen LogP contribution in [0.4, 0.5) is 0 Å². The van der Waals surface area contributed by atoms with E-state index in [9.17, 15) is 4.79 Å². The van der Waals surface area contributed by atoms with E-state index < -0.39 is 0 Å². The van der Waals surface area contributed by atoms with Crippen molar-refractivity contribution in [3.8, 4) is 0 Å². The van der Waals surface area contributed by atoms with E-state index in [-0.39, 0.29) is 11.9 Å². The Morgan fingerprint density at radius 2 is 2.50 bits per heavy atom. The highest BCUT2D eigenvalue weighted by molar-refractivity contribution is 7.09. The molecule has 96 valence electrons. The molecule has 1 atom stereocenters. The number of carbonyl (C=O) groups excluding carboxylic acids is 1. The molecular formula is C10H14N6OS. The molecule has 8 heteroatoms. The lowest BCUT2D eigenvalue weighted by Gasteiger charge is -2.02. The highest BCUT2D eigenvalue weighted by atomic mass is 32.1. The molecule has 7 nitrogen and oxygen atoms in total. The topological polar surface area (TPSA) is 98.7 Å². The van der Waals surface area contributed by atoms with Gasteiger partial charge in [0.25, 0.3) is 5.91 Å². The minimum atomic E-state index is -0.196. The Balaban J connectivity index is 1.83. The zero-order valence-electron chi connectivity index (χ0n) is 9.91. The molecule has 2 rings (SSSR count). The number of nitrogens with one attached hydrogen (secondary N) is 1. The molecule has 2 aromatic rings. The van der Waals surface area contributed by atoms with Crippen molar-refractivity contribution < 1.29 is 4.79 Å². The first-order chi connectivity index (χ1) is 8.66. The van der Waals surface area contributed by atoms with Gasteiger partial charge in [0.15, 0.2) is 0 Å². The van der Waals surface area contributed by atoms with Crippen molar-refractivity contribution in [3.05, 3.63) is 28.5 Å². The molecule has 0 saturated heterocycles. The summed E-state index contributed by atoms with van der Waals surface area (Å²) < 4.78 is 1.65. The largest absolute Gasteiger partial charge is 0.349 e. The van der Waals surface area contributed by atoms with Crippen LogP contribution in [0.25, 0.3) is 0 Å². The summed E-state index contributed by atoms with van der Waals surface area (Å²) in [6, 6.07) is -0.147. The molecule has 0 fully saturated rings.